The summed E-state index contributed by atoms with van der Waals surface area (Å²) in [4.78, 5) is 38.9. The van der Waals surface area contributed by atoms with E-state index in [1.54, 1.807) is 32.4 Å². The molecule has 0 unspecified atom stereocenters. The number of benzene rings is 3. The Labute approximate surface area is 266 Å². The van der Waals surface area contributed by atoms with Gasteiger partial charge in [-0.05, 0) is 60.2 Å². The number of hydrogen-bond acceptors (Lipinski definition) is 10. The number of carbonyl (C=O) groups excluding carboxylic acids is 2. The van der Waals surface area contributed by atoms with Crippen LogP contribution in [0.4, 0.5) is 21.6 Å². The molecule has 3 aromatic carbocycles. The van der Waals surface area contributed by atoms with Gasteiger partial charge in [-0.15, -0.1) is 0 Å². The second kappa shape index (κ2) is 13.9. The summed E-state index contributed by atoms with van der Waals surface area (Å²) in [6.45, 7) is 4.36. The van der Waals surface area contributed by atoms with Crippen molar-refractivity contribution in [2.75, 3.05) is 63.8 Å². The van der Waals surface area contributed by atoms with Crippen molar-refractivity contribution in [2.45, 2.75) is 6.54 Å². The summed E-state index contributed by atoms with van der Waals surface area (Å²) >= 11 is 0. The van der Waals surface area contributed by atoms with Gasteiger partial charge in [-0.3, -0.25) is 14.5 Å². The van der Waals surface area contributed by atoms with E-state index in [1.165, 1.54) is 30.6 Å². The number of piperazine rings is 1. The molecular weight excluding hydrogens is 589 g/mol. The molecule has 1 saturated heterocycles. The molecule has 2 heterocycles. The Hall–Kier alpha value is -5.13. The fourth-order valence-electron chi connectivity index (χ4n) is 5.67. The van der Waals surface area contributed by atoms with Gasteiger partial charge >= 0.3 is 0 Å². The molecule has 1 aromatic heterocycles. The summed E-state index contributed by atoms with van der Waals surface area (Å²) in [5.74, 6) is 0.889. The average molecular weight is 624 g/mol. The van der Waals surface area contributed by atoms with Crippen LogP contribution in [-0.4, -0.2) is 80.0 Å². The van der Waals surface area contributed by atoms with Crippen molar-refractivity contribution in [3.8, 4) is 11.5 Å². The first-order valence-corrected chi connectivity index (χ1v) is 15.0. The van der Waals surface area contributed by atoms with Gasteiger partial charge in [0, 0.05) is 73.8 Å². The molecule has 46 heavy (non-hydrogen) atoms. The first-order valence-electron chi connectivity index (χ1n) is 15.0. The minimum absolute atomic E-state index is 0.235. The van der Waals surface area contributed by atoms with Gasteiger partial charge in [0.2, 0.25) is 0 Å². The molecule has 11 heteroatoms. The monoisotopic (exact) mass is 623 g/mol. The van der Waals surface area contributed by atoms with Gasteiger partial charge in [0.15, 0.2) is 23.1 Å². The Kier molecular flexibility index (Phi) is 9.32. The van der Waals surface area contributed by atoms with Crippen LogP contribution >= 0.6 is 0 Å². The van der Waals surface area contributed by atoms with Crippen LogP contribution in [0.3, 0.4) is 0 Å². The van der Waals surface area contributed by atoms with E-state index in [0.29, 0.717) is 77.9 Å². The maximum Gasteiger partial charge on any atom is 0.186 e. The molecule has 0 amide bonds. The van der Waals surface area contributed by atoms with Crippen molar-refractivity contribution in [2.24, 2.45) is 0 Å². The summed E-state index contributed by atoms with van der Waals surface area (Å²) in [7, 11) is 3.18. The highest BCUT2D eigenvalue weighted by molar-refractivity contribution is 6.34. The molecule has 1 aliphatic carbocycles. The van der Waals surface area contributed by atoms with Crippen molar-refractivity contribution in [1.29, 1.82) is 0 Å². The third-order valence-corrected chi connectivity index (χ3v) is 7.97. The van der Waals surface area contributed by atoms with Gasteiger partial charge in [-0.2, -0.15) is 0 Å². The van der Waals surface area contributed by atoms with E-state index >= 15 is 0 Å². The molecule has 4 aromatic rings. The number of rotatable bonds is 11. The third-order valence-electron chi connectivity index (χ3n) is 7.97. The highest BCUT2D eigenvalue weighted by Gasteiger charge is 2.25. The van der Waals surface area contributed by atoms with Gasteiger partial charge in [-0.25, -0.2) is 14.4 Å². The molecule has 1 aliphatic heterocycles. The number of methoxy groups -OCH3 is 2. The maximum atomic E-state index is 13.7. The van der Waals surface area contributed by atoms with Crippen LogP contribution in [0.5, 0.6) is 11.5 Å². The van der Waals surface area contributed by atoms with Crippen LogP contribution in [0.2, 0.25) is 0 Å². The molecule has 0 radical (unpaired) electrons. The van der Waals surface area contributed by atoms with E-state index in [9.17, 15) is 14.0 Å². The van der Waals surface area contributed by atoms with Crippen molar-refractivity contribution in [3.63, 3.8) is 0 Å². The van der Waals surface area contributed by atoms with Crippen LogP contribution in [0.15, 0.2) is 79.2 Å². The zero-order valence-electron chi connectivity index (χ0n) is 25.7. The Morgan fingerprint density at radius 3 is 2.54 bits per heavy atom. The molecular formula is C35H34FN5O5. The van der Waals surface area contributed by atoms with Crippen LogP contribution in [0.1, 0.15) is 11.1 Å². The Morgan fingerprint density at radius 1 is 0.913 bits per heavy atom. The fourth-order valence-corrected chi connectivity index (χ4v) is 5.67. The number of fused-ring (bicyclic) bond motifs is 1. The molecule has 1 fully saturated rings. The van der Waals surface area contributed by atoms with E-state index < -0.39 is 0 Å². The van der Waals surface area contributed by atoms with Crippen LogP contribution < -0.4 is 19.7 Å². The maximum absolute atomic E-state index is 13.7. The summed E-state index contributed by atoms with van der Waals surface area (Å²) in [5, 5.41) is 4.09. The zero-order chi connectivity index (χ0) is 32.0. The zero-order valence-corrected chi connectivity index (χ0v) is 25.7. The topological polar surface area (TPSA) is 106 Å². The van der Waals surface area contributed by atoms with Gasteiger partial charge in [0.1, 0.15) is 24.6 Å². The lowest BCUT2D eigenvalue weighted by atomic mass is 9.93. The number of carbonyl (C=O) groups is 2. The van der Waals surface area contributed by atoms with Crippen molar-refractivity contribution in [1.82, 2.24) is 14.9 Å². The second-order valence-corrected chi connectivity index (χ2v) is 11.0. The molecule has 0 saturated carbocycles. The minimum atomic E-state index is -0.241. The summed E-state index contributed by atoms with van der Waals surface area (Å²) in [5.41, 5.74) is 4.10. The molecule has 1 N–H and O–H groups in total. The number of aromatic nitrogens is 2. The molecule has 10 nitrogen and oxygen atoms in total. The summed E-state index contributed by atoms with van der Waals surface area (Å²) in [6.07, 6.45) is 5.45. The van der Waals surface area contributed by atoms with Crippen LogP contribution in [-0.2, 0) is 20.9 Å². The SMILES string of the molecule is COCCOc1cc2ncnc(Nc3ccc(N4CCN(Cc5cccc(F)c5)CC4)c(C4=CC(=O)C=CC4=O)c3)c2cc1OC. The lowest BCUT2D eigenvalue weighted by Crippen LogP contribution is -2.46. The van der Waals surface area contributed by atoms with Crippen LogP contribution in [0, 0.1) is 5.82 Å². The molecule has 0 spiro atoms. The Morgan fingerprint density at radius 2 is 1.76 bits per heavy atom. The minimum Gasteiger partial charge on any atom is -0.493 e. The van der Waals surface area contributed by atoms with Gasteiger partial charge in [0.25, 0.3) is 0 Å². The predicted molar refractivity (Wildman–Crippen MR) is 174 cm³/mol. The Balaban J connectivity index is 1.28. The molecule has 0 atom stereocenters. The highest BCUT2D eigenvalue weighted by Crippen LogP contribution is 2.37. The molecule has 2 aliphatic rings. The molecule has 0 bridgehead atoms. The highest BCUT2D eigenvalue weighted by atomic mass is 19.1. The lowest BCUT2D eigenvalue weighted by molar-refractivity contribution is -0.113. The normalized spacial score (nSPS) is 15.3. The first-order chi connectivity index (χ1) is 22.4. The van der Waals surface area contributed by atoms with E-state index in [1.807, 2.05) is 30.3 Å². The lowest BCUT2D eigenvalue weighted by Gasteiger charge is -2.37. The van der Waals surface area contributed by atoms with Crippen LogP contribution in [0.25, 0.3) is 16.5 Å². The van der Waals surface area contributed by atoms with E-state index in [4.69, 9.17) is 14.2 Å². The Bertz CT molecular complexity index is 1830. The number of allylic oxidation sites excluding steroid dienone is 4. The summed E-state index contributed by atoms with van der Waals surface area (Å²) < 4.78 is 30.2. The van der Waals surface area contributed by atoms with Crippen molar-refractivity contribution in [3.05, 3.63) is 96.1 Å². The largest absolute Gasteiger partial charge is 0.493 e. The average Bonchev–Trinajstić information content (AvgIpc) is 3.06. The predicted octanol–water partition coefficient (Wildman–Crippen LogP) is 4.96. The number of anilines is 3. The number of nitrogens with zero attached hydrogens (tertiary/aromatic N) is 4. The number of nitrogens with one attached hydrogen (secondary N) is 1. The van der Waals surface area contributed by atoms with Gasteiger partial charge in [-0.1, -0.05) is 12.1 Å². The standard InChI is InChI=1S/C35H34FN5O5/c1-44-14-15-46-34-20-30-29(19-33(34)45-2)35(38-22-37-30)39-25-6-8-31(27(17-25)28-18-26(42)7-9-32(28)43)41-12-10-40(11-13-41)21-23-4-3-5-24(36)16-23/h3-9,16-20,22H,10-15,21H2,1-2H3,(H,37,38,39). The molecule has 236 valence electrons. The number of ether oxygens (including phenoxy) is 3. The second-order valence-electron chi connectivity index (χ2n) is 11.0. The van der Waals surface area contributed by atoms with Crippen molar-refractivity contribution < 1.29 is 28.2 Å². The molecule has 6 rings (SSSR count). The fraction of sp³-hybridized carbons (Fsp3) is 0.257. The number of ketones is 2. The van der Waals surface area contributed by atoms with Gasteiger partial charge in [0.05, 0.1) is 19.2 Å². The van der Waals surface area contributed by atoms with E-state index in [-0.39, 0.29) is 17.4 Å². The van der Waals surface area contributed by atoms with E-state index in [2.05, 4.69) is 25.1 Å². The smallest absolute Gasteiger partial charge is 0.186 e. The summed E-state index contributed by atoms with van der Waals surface area (Å²) in [6, 6.07) is 16.0. The quantitative estimate of drug-likeness (QED) is 0.182. The first kappa shape index (κ1) is 30.9. The third kappa shape index (κ3) is 6.90. The van der Waals surface area contributed by atoms with Gasteiger partial charge < -0.3 is 24.4 Å². The van der Waals surface area contributed by atoms with E-state index in [0.717, 1.165) is 24.3 Å². The number of halogens is 1. The number of hydrogen-bond donors (Lipinski definition) is 1. The van der Waals surface area contributed by atoms with Crippen molar-refractivity contribution >= 4 is 45.2 Å².